The van der Waals surface area contributed by atoms with E-state index in [1.807, 2.05) is 0 Å². The molecule has 0 atom stereocenters. The van der Waals surface area contributed by atoms with Crippen LogP contribution < -0.4 is 16.8 Å². The lowest BCUT2D eigenvalue weighted by Gasteiger charge is -2.10. The molecule has 0 saturated heterocycles. The summed E-state index contributed by atoms with van der Waals surface area (Å²) in [5.41, 5.74) is 11.3. The molecule has 0 spiro atoms. The van der Waals surface area contributed by atoms with Crippen LogP contribution in [0.3, 0.4) is 0 Å². The van der Waals surface area contributed by atoms with E-state index in [-0.39, 0.29) is 0 Å². The minimum Gasteiger partial charge on any atom is -0.383 e. The van der Waals surface area contributed by atoms with Gasteiger partial charge in [-0.25, -0.2) is 15.0 Å². The number of pyridine rings is 1. The SMILES string of the molecule is CCCNc1nc(Sc2nc(N)cc(N)n2)c(Cl)cc1Cl. The van der Waals surface area contributed by atoms with Gasteiger partial charge in [-0.1, -0.05) is 30.1 Å². The number of nitrogens with two attached hydrogens (primary N) is 2. The predicted molar refractivity (Wildman–Crippen MR) is 88.0 cm³/mol. The zero-order valence-electron chi connectivity index (χ0n) is 11.2. The lowest BCUT2D eigenvalue weighted by molar-refractivity contribution is 0.953. The van der Waals surface area contributed by atoms with Crippen molar-refractivity contribution in [2.24, 2.45) is 0 Å². The molecule has 2 heterocycles. The van der Waals surface area contributed by atoms with Crippen LogP contribution in [0, 0.1) is 0 Å². The fraction of sp³-hybridized carbons (Fsp3) is 0.250. The summed E-state index contributed by atoms with van der Waals surface area (Å²) >= 11 is 13.4. The van der Waals surface area contributed by atoms with Crippen LogP contribution in [0.25, 0.3) is 0 Å². The topological polar surface area (TPSA) is 103 Å². The summed E-state index contributed by atoms with van der Waals surface area (Å²) < 4.78 is 0. The van der Waals surface area contributed by atoms with Crippen LogP contribution >= 0.6 is 35.0 Å². The summed E-state index contributed by atoms with van der Waals surface area (Å²) in [5.74, 6) is 1.15. The Morgan fingerprint density at radius 2 is 1.76 bits per heavy atom. The van der Waals surface area contributed by atoms with Gasteiger partial charge in [-0.3, -0.25) is 0 Å². The highest BCUT2D eigenvalue weighted by atomic mass is 35.5. The van der Waals surface area contributed by atoms with Gasteiger partial charge < -0.3 is 16.8 Å². The van der Waals surface area contributed by atoms with Crippen LogP contribution in [0.15, 0.2) is 22.3 Å². The normalized spacial score (nSPS) is 10.6. The Morgan fingerprint density at radius 1 is 1.10 bits per heavy atom. The maximum Gasteiger partial charge on any atom is 0.197 e. The Bertz CT molecular complexity index is 632. The molecule has 0 aliphatic rings. The summed E-state index contributed by atoms with van der Waals surface area (Å²) in [6.45, 7) is 2.82. The van der Waals surface area contributed by atoms with Crippen LogP contribution in [0.5, 0.6) is 0 Å². The number of hydrogen-bond acceptors (Lipinski definition) is 7. The molecule has 21 heavy (non-hydrogen) atoms. The molecule has 0 amide bonds. The first-order valence-electron chi connectivity index (χ1n) is 6.17. The summed E-state index contributed by atoms with van der Waals surface area (Å²) in [7, 11) is 0. The van der Waals surface area contributed by atoms with Crippen molar-refractivity contribution < 1.29 is 0 Å². The van der Waals surface area contributed by atoms with Gasteiger partial charge in [-0.15, -0.1) is 0 Å². The van der Waals surface area contributed by atoms with Gasteiger partial charge in [0.15, 0.2) is 5.16 Å². The van der Waals surface area contributed by atoms with Gasteiger partial charge in [-0.05, 0) is 24.2 Å². The molecule has 0 aliphatic carbocycles. The molecule has 0 fully saturated rings. The van der Waals surface area contributed by atoms with Crippen molar-refractivity contribution in [2.75, 3.05) is 23.3 Å². The molecule has 0 saturated carbocycles. The molecular formula is C12H14Cl2N6S. The number of nitrogens with one attached hydrogen (secondary N) is 1. The summed E-state index contributed by atoms with van der Waals surface area (Å²) in [4.78, 5) is 12.6. The maximum absolute atomic E-state index is 6.15. The van der Waals surface area contributed by atoms with E-state index in [9.17, 15) is 0 Å². The lowest BCUT2D eigenvalue weighted by atomic mass is 10.4. The molecule has 2 aromatic heterocycles. The monoisotopic (exact) mass is 344 g/mol. The highest BCUT2D eigenvalue weighted by molar-refractivity contribution is 7.99. The fourth-order valence-corrected chi connectivity index (χ4v) is 2.79. The van der Waals surface area contributed by atoms with E-state index in [0.717, 1.165) is 13.0 Å². The Kier molecular flexibility index (Phi) is 5.33. The largest absolute Gasteiger partial charge is 0.383 e. The smallest absolute Gasteiger partial charge is 0.197 e. The van der Waals surface area contributed by atoms with Crippen LogP contribution in [0.1, 0.15) is 13.3 Å². The molecule has 0 aromatic carbocycles. The van der Waals surface area contributed by atoms with Crippen LogP contribution in [0.4, 0.5) is 17.5 Å². The van der Waals surface area contributed by atoms with Gasteiger partial charge in [0.05, 0.1) is 10.0 Å². The molecule has 9 heteroatoms. The second-order valence-corrected chi connectivity index (χ2v) is 5.91. The number of halogens is 2. The maximum atomic E-state index is 6.15. The van der Waals surface area contributed by atoms with E-state index in [1.165, 1.54) is 17.8 Å². The van der Waals surface area contributed by atoms with Crippen molar-refractivity contribution in [2.45, 2.75) is 23.5 Å². The average Bonchev–Trinajstić information content (AvgIpc) is 2.39. The third-order valence-electron chi connectivity index (χ3n) is 2.37. The summed E-state index contributed by atoms with van der Waals surface area (Å²) in [6, 6.07) is 3.11. The first kappa shape index (κ1) is 15.9. The van der Waals surface area contributed by atoms with Crippen LogP contribution in [0.2, 0.25) is 10.0 Å². The Morgan fingerprint density at radius 3 is 2.38 bits per heavy atom. The predicted octanol–water partition coefficient (Wildman–Crippen LogP) is 3.32. The number of nitrogen functional groups attached to an aromatic ring is 2. The zero-order valence-corrected chi connectivity index (χ0v) is 13.6. The first-order valence-corrected chi connectivity index (χ1v) is 7.74. The standard InChI is InChI=1S/C12H14Cl2N6S/c1-2-3-17-10-6(13)4-7(14)11(20-10)21-12-18-8(15)5-9(16)19-12/h4-5H,2-3H2,1H3,(H,17,20)(H4,15,16,18,19). The number of hydrogen-bond donors (Lipinski definition) is 3. The highest BCUT2D eigenvalue weighted by Crippen LogP contribution is 2.34. The van der Waals surface area contributed by atoms with Gasteiger partial charge in [-0.2, -0.15) is 0 Å². The molecule has 112 valence electrons. The number of nitrogens with zero attached hydrogens (tertiary/aromatic N) is 3. The van der Waals surface area contributed by atoms with Crippen molar-refractivity contribution in [3.63, 3.8) is 0 Å². The minimum atomic E-state index is 0.291. The number of rotatable bonds is 5. The van der Waals surface area contributed by atoms with Crippen molar-refractivity contribution >= 4 is 52.4 Å². The lowest BCUT2D eigenvalue weighted by Crippen LogP contribution is -2.04. The third-order valence-corrected chi connectivity index (χ3v) is 3.93. The Hall–Kier alpha value is -1.44. The second kappa shape index (κ2) is 7.02. The molecule has 2 rings (SSSR count). The van der Waals surface area contributed by atoms with E-state index in [1.54, 1.807) is 6.07 Å². The average molecular weight is 345 g/mol. The molecule has 6 nitrogen and oxygen atoms in total. The van der Waals surface area contributed by atoms with Crippen LogP contribution in [-0.2, 0) is 0 Å². The number of anilines is 3. The Balaban J connectivity index is 2.30. The zero-order chi connectivity index (χ0) is 15.4. The van der Waals surface area contributed by atoms with Gasteiger partial charge >= 0.3 is 0 Å². The quantitative estimate of drug-likeness (QED) is 0.714. The number of aromatic nitrogens is 3. The molecule has 0 bridgehead atoms. The van der Waals surface area contributed by atoms with Gasteiger partial charge in [0, 0.05) is 12.6 Å². The van der Waals surface area contributed by atoms with Crippen molar-refractivity contribution in [1.29, 1.82) is 0 Å². The molecule has 2 aromatic rings. The Labute approximate surface area is 136 Å². The van der Waals surface area contributed by atoms with Crippen molar-refractivity contribution in [3.8, 4) is 0 Å². The second-order valence-electron chi connectivity index (χ2n) is 4.13. The van der Waals surface area contributed by atoms with E-state index in [0.29, 0.717) is 37.7 Å². The van der Waals surface area contributed by atoms with Gasteiger partial charge in [0.25, 0.3) is 0 Å². The van der Waals surface area contributed by atoms with Crippen molar-refractivity contribution in [1.82, 2.24) is 15.0 Å². The summed E-state index contributed by atoms with van der Waals surface area (Å²) in [5, 5.41) is 4.92. The highest BCUT2D eigenvalue weighted by Gasteiger charge is 2.12. The van der Waals surface area contributed by atoms with E-state index in [4.69, 9.17) is 34.7 Å². The molecule has 0 unspecified atom stereocenters. The first-order chi connectivity index (χ1) is 9.99. The van der Waals surface area contributed by atoms with E-state index >= 15 is 0 Å². The molecular weight excluding hydrogens is 331 g/mol. The van der Waals surface area contributed by atoms with Crippen molar-refractivity contribution in [3.05, 3.63) is 22.2 Å². The van der Waals surface area contributed by atoms with E-state index in [2.05, 4.69) is 27.2 Å². The minimum absolute atomic E-state index is 0.291. The molecule has 0 aliphatic heterocycles. The molecule has 0 radical (unpaired) electrons. The molecule has 5 N–H and O–H groups in total. The van der Waals surface area contributed by atoms with Gasteiger partial charge in [0.2, 0.25) is 0 Å². The third kappa shape index (κ3) is 4.26. The van der Waals surface area contributed by atoms with Gasteiger partial charge in [0.1, 0.15) is 22.5 Å². The van der Waals surface area contributed by atoms with Crippen LogP contribution in [-0.4, -0.2) is 21.5 Å². The summed E-state index contributed by atoms with van der Waals surface area (Å²) in [6.07, 6.45) is 0.956. The fourth-order valence-electron chi connectivity index (χ4n) is 1.48. The van der Waals surface area contributed by atoms with E-state index < -0.39 is 0 Å².